The molecule has 7 atom stereocenters. The third kappa shape index (κ3) is 5.69. The van der Waals surface area contributed by atoms with Gasteiger partial charge in [0.15, 0.2) is 6.23 Å². The van der Waals surface area contributed by atoms with Crippen molar-refractivity contribution in [1.29, 1.82) is 0 Å². The number of rotatable bonds is 6. The molecule has 1 N–H and O–H groups in total. The van der Waals surface area contributed by atoms with Crippen molar-refractivity contribution in [2.45, 2.75) is 48.8 Å². The summed E-state index contributed by atoms with van der Waals surface area (Å²) in [5.74, 6) is -3.12. The number of carbonyl (C=O) groups excluding carboxylic acids is 1. The Kier molecular flexibility index (Phi) is 8.32. The molecule has 0 radical (unpaired) electrons. The molecule has 5 aliphatic heterocycles. The number of alkyl halides is 4. The molecule has 7 rings (SSSR count). The van der Waals surface area contributed by atoms with E-state index in [0.29, 0.717) is 29.0 Å². The molecule has 9 nitrogen and oxygen atoms in total. The van der Waals surface area contributed by atoms with Gasteiger partial charge >= 0.3 is 12.1 Å². The lowest BCUT2D eigenvalue weighted by atomic mass is 9.73. The molecular formula is C36H40F4N4O5. The van der Waals surface area contributed by atoms with Gasteiger partial charge in [-0.25, -0.2) is 4.39 Å². The number of carbonyl (C=O) groups is 2. The van der Waals surface area contributed by atoms with E-state index in [1.165, 1.54) is 11.0 Å². The number of likely N-dealkylation sites (N-methyl/N-ethyl adjacent to an activating group) is 1. The molecule has 5 aliphatic rings. The highest BCUT2D eigenvalue weighted by Crippen LogP contribution is 2.52. The molecule has 3 saturated heterocycles. The molecule has 2 aromatic rings. The molecule has 0 aromatic heterocycles. The maximum Gasteiger partial charge on any atom is 0.416 e. The van der Waals surface area contributed by atoms with E-state index in [1.54, 1.807) is 38.5 Å². The zero-order chi connectivity index (χ0) is 34.8. The van der Waals surface area contributed by atoms with Crippen molar-refractivity contribution in [3.63, 3.8) is 0 Å². The van der Waals surface area contributed by atoms with Crippen LogP contribution in [0.4, 0.5) is 23.2 Å². The van der Waals surface area contributed by atoms with E-state index in [0.717, 1.165) is 17.8 Å². The largest absolute Gasteiger partial charge is 0.497 e. The molecule has 3 fully saturated rings. The number of nitrogens with zero attached hydrogens (tertiary/aromatic N) is 4. The van der Waals surface area contributed by atoms with E-state index in [2.05, 4.69) is 0 Å². The third-order valence-corrected chi connectivity index (χ3v) is 11.3. The second-order valence-electron chi connectivity index (χ2n) is 13.8. The molecule has 2 aromatic carbocycles. The zero-order valence-electron chi connectivity index (χ0n) is 27.6. The fraction of sp³-hybridized carbons (Fsp3) is 0.500. The highest BCUT2D eigenvalue weighted by atomic mass is 19.4. The van der Waals surface area contributed by atoms with E-state index in [-0.39, 0.29) is 57.2 Å². The summed E-state index contributed by atoms with van der Waals surface area (Å²) >= 11 is 0. The first-order valence-corrected chi connectivity index (χ1v) is 16.5. The van der Waals surface area contributed by atoms with Gasteiger partial charge in [-0.1, -0.05) is 18.2 Å². The van der Waals surface area contributed by atoms with E-state index < -0.39 is 47.2 Å². The number of hydrogen-bond acceptors (Lipinski definition) is 7. The molecule has 0 aliphatic carbocycles. The number of hydrogen-bond donors (Lipinski definition) is 1. The van der Waals surface area contributed by atoms with Gasteiger partial charge in [0.05, 0.1) is 25.1 Å². The first-order valence-electron chi connectivity index (χ1n) is 16.5. The number of likely N-dealkylation sites (tertiary alicyclic amines) is 2. The van der Waals surface area contributed by atoms with Crippen LogP contribution in [0.15, 0.2) is 66.5 Å². The van der Waals surface area contributed by atoms with Crippen LogP contribution in [0.25, 0.3) is 0 Å². The van der Waals surface area contributed by atoms with Crippen molar-refractivity contribution in [2.75, 3.05) is 58.9 Å². The number of benzene rings is 2. The van der Waals surface area contributed by atoms with Crippen LogP contribution >= 0.6 is 0 Å². The summed E-state index contributed by atoms with van der Waals surface area (Å²) in [4.78, 5) is 33.8. The Labute approximate surface area is 282 Å². The van der Waals surface area contributed by atoms with E-state index in [4.69, 9.17) is 9.47 Å². The van der Waals surface area contributed by atoms with Gasteiger partial charge < -0.3 is 34.2 Å². The number of allylic oxidation sites excluding steroid dienone is 1. The minimum absolute atomic E-state index is 0.129. The van der Waals surface area contributed by atoms with Crippen LogP contribution in [-0.4, -0.2) is 104 Å². The predicted octanol–water partition coefficient (Wildman–Crippen LogP) is 5.06. The first-order chi connectivity index (χ1) is 23.3. The summed E-state index contributed by atoms with van der Waals surface area (Å²) in [6, 6.07) is 10.3. The Bertz CT molecular complexity index is 1680. The lowest BCUT2D eigenvalue weighted by molar-refractivity contribution is -0.144. The highest BCUT2D eigenvalue weighted by Gasteiger charge is 2.58. The molecule has 13 heteroatoms. The summed E-state index contributed by atoms with van der Waals surface area (Å²) in [7, 11) is 5.00. The quantitative estimate of drug-likeness (QED) is 0.423. The smallest absolute Gasteiger partial charge is 0.416 e. The molecular weight excluding hydrogens is 644 g/mol. The Morgan fingerprint density at radius 2 is 1.80 bits per heavy atom. The normalized spacial score (nSPS) is 30.9. The monoisotopic (exact) mass is 684 g/mol. The fourth-order valence-electron chi connectivity index (χ4n) is 8.67. The molecule has 49 heavy (non-hydrogen) atoms. The van der Waals surface area contributed by atoms with Crippen molar-refractivity contribution < 1.29 is 41.7 Å². The lowest BCUT2D eigenvalue weighted by Gasteiger charge is -2.49. The van der Waals surface area contributed by atoms with Crippen LogP contribution in [0, 0.1) is 11.8 Å². The Morgan fingerprint density at radius 1 is 1.04 bits per heavy atom. The number of carboxylic acid groups (broad SMARTS) is 1. The molecule has 5 heterocycles. The van der Waals surface area contributed by atoms with Crippen LogP contribution in [0.5, 0.6) is 5.75 Å². The number of amides is 1. The number of ether oxygens (including phenoxy) is 2. The van der Waals surface area contributed by atoms with Crippen LogP contribution in [-0.2, 0) is 20.5 Å². The molecule has 262 valence electrons. The van der Waals surface area contributed by atoms with E-state index in [9.17, 15) is 27.9 Å². The van der Waals surface area contributed by atoms with Gasteiger partial charge in [0.1, 0.15) is 5.75 Å². The van der Waals surface area contributed by atoms with Crippen LogP contribution < -0.4 is 9.64 Å². The Balaban J connectivity index is 1.23. The van der Waals surface area contributed by atoms with Gasteiger partial charge in [0.2, 0.25) is 5.67 Å². The molecule has 0 spiro atoms. The maximum atomic E-state index is 17.8. The lowest BCUT2D eigenvalue weighted by Crippen LogP contribution is -2.53. The second-order valence-corrected chi connectivity index (χ2v) is 13.8. The van der Waals surface area contributed by atoms with E-state index >= 15 is 4.39 Å². The van der Waals surface area contributed by atoms with Gasteiger partial charge in [-0.3, -0.25) is 9.59 Å². The maximum absolute atomic E-state index is 17.8. The van der Waals surface area contributed by atoms with Crippen LogP contribution in [0.1, 0.15) is 41.4 Å². The standard InChI is InChI=1S/C36H40F4N4O5/c1-41-12-11-24(16-32(41)49-3)43-19-29(21-4-7-25(48-2)8-5-21)35(37,20-43)34(47)42-17-27-26-9-6-23(36(38,39)40)15-31(26)44-13-10-22(33(45)46)14-30(44)28(27)18-42/h4-9,11-12,15-16,22,27-30,32H,10,13-14,17-20H2,1-3H3,(H,45,46)/t22?,27-,28+,29+,30?,32?,35+/m1/s1. The highest BCUT2D eigenvalue weighted by molar-refractivity contribution is 5.88. The Morgan fingerprint density at radius 3 is 2.47 bits per heavy atom. The third-order valence-electron chi connectivity index (χ3n) is 11.3. The number of fused-ring (bicyclic) bond motifs is 6. The average Bonchev–Trinajstić information content (AvgIpc) is 3.70. The summed E-state index contributed by atoms with van der Waals surface area (Å²) in [5, 5.41) is 9.87. The molecule has 1 amide bonds. The minimum Gasteiger partial charge on any atom is -0.497 e. The van der Waals surface area contributed by atoms with E-state index in [1.807, 2.05) is 40.1 Å². The molecule has 0 bridgehead atoms. The van der Waals surface area contributed by atoms with Crippen molar-refractivity contribution in [3.8, 4) is 5.75 Å². The predicted molar refractivity (Wildman–Crippen MR) is 173 cm³/mol. The minimum atomic E-state index is -4.55. The number of piperidine rings is 1. The topological polar surface area (TPSA) is 85.8 Å². The molecule has 0 saturated carbocycles. The number of anilines is 1. The summed E-state index contributed by atoms with van der Waals surface area (Å²) in [6.45, 7) is 0.620. The van der Waals surface area contributed by atoms with Gasteiger partial charge in [-0.2, -0.15) is 13.2 Å². The number of aliphatic carboxylic acids is 1. The Hall–Kier alpha value is -4.26. The first kappa shape index (κ1) is 33.2. The van der Waals surface area contributed by atoms with Crippen molar-refractivity contribution in [1.82, 2.24) is 14.7 Å². The summed E-state index contributed by atoms with van der Waals surface area (Å²) in [5.41, 5.74) is -0.633. The van der Waals surface area contributed by atoms with Gasteiger partial charge in [0, 0.05) is 81.7 Å². The van der Waals surface area contributed by atoms with Gasteiger partial charge in [-0.05, 0) is 60.4 Å². The zero-order valence-corrected chi connectivity index (χ0v) is 27.6. The van der Waals surface area contributed by atoms with Gasteiger partial charge in [-0.15, -0.1) is 0 Å². The van der Waals surface area contributed by atoms with Crippen molar-refractivity contribution in [3.05, 3.63) is 83.2 Å². The molecule has 3 unspecified atom stereocenters. The van der Waals surface area contributed by atoms with Crippen molar-refractivity contribution >= 4 is 17.6 Å². The van der Waals surface area contributed by atoms with Crippen molar-refractivity contribution in [2.24, 2.45) is 11.8 Å². The fourth-order valence-corrected chi connectivity index (χ4v) is 8.67. The SMILES string of the molecule is COc1ccc([C@@H]2CN(C3=CC(OC)N(C)C=C3)C[C@@]2(F)C(=O)N2C[C@@H]3c4ccc(C(F)(F)F)cc4N4CCC(C(=O)O)CC4[C@H]3C2)cc1. The summed E-state index contributed by atoms with van der Waals surface area (Å²) in [6.07, 6.45) is 1.23. The number of halogens is 4. The average molecular weight is 685 g/mol. The number of methoxy groups -OCH3 is 2. The van der Waals surface area contributed by atoms with Crippen LogP contribution in [0.3, 0.4) is 0 Å². The number of carboxylic acids is 1. The second kappa shape index (κ2) is 12.3. The van der Waals surface area contributed by atoms with Crippen LogP contribution in [0.2, 0.25) is 0 Å². The van der Waals surface area contributed by atoms with Gasteiger partial charge in [0.25, 0.3) is 5.91 Å². The summed E-state index contributed by atoms with van der Waals surface area (Å²) < 4.78 is 70.2.